The Morgan fingerprint density at radius 2 is 2.04 bits per heavy atom. The molecule has 0 spiro atoms. The van der Waals surface area contributed by atoms with Crippen LogP contribution in [-0.2, 0) is 0 Å². The van der Waals surface area contributed by atoms with E-state index in [2.05, 4.69) is 26.5 Å². The standard InChI is InChI=1S/C16H13BrN2O4/c1-21-13-5-3-2-4-11(13)16(20)19-18-8-10-6-14-15(7-12(10)17)23-9-22-14/h2-8H,9H2,1H3,(H,19,20)/b18-8-. The van der Waals surface area contributed by atoms with Gasteiger partial charge in [-0.1, -0.05) is 12.1 Å². The Bertz CT molecular complexity index is 777. The predicted octanol–water partition coefficient (Wildman–Crippen LogP) is 2.95. The fourth-order valence-electron chi connectivity index (χ4n) is 2.08. The van der Waals surface area contributed by atoms with Crippen molar-refractivity contribution in [3.8, 4) is 17.2 Å². The third-order valence-corrected chi connectivity index (χ3v) is 3.90. The summed E-state index contributed by atoms with van der Waals surface area (Å²) in [6.07, 6.45) is 1.53. The second-order valence-corrected chi connectivity index (χ2v) is 5.48. The minimum Gasteiger partial charge on any atom is -0.496 e. The molecule has 0 atom stereocenters. The lowest BCUT2D eigenvalue weighted by atomic mass is 10.2. The summed E-state index contributed by atoms with van der Waals surface area (Å²) in [7, 11) is 1.51. The van der Waals surface area contributed by atoms with E-state index in [-0.39, 0.29) is 12.7 Å². The van der Waals surface area contributed by atoms with Gasteiger partial charge in [-0.25, -0.2) is 5.43 Å². The number of amides is 1. The lowest BCUT2D eigenvalue weighted by molar-refractivity contribution is 0.0952. The molecular formula is C16H13BrN2O4. The summed E-state index contributed by atoms with van der Waals surface area (Å²) in [6.45, 7) is 0.201. The summed E-state index contributed by atoms with van der Waals surface area (Å²) in [5, 5.41) is 3.97. The van der Waals surface area contributed by atoms with Crippen LogP contribution in [0.5, 0.6) is 17.2 Å². The topological polar surface area (TPSA) is 69.2 Å². The lowest BCUT2D eigenvalue weighted by Gasteiger charge is -2.06. The van der Waals surface area contributed by atoms with Crippen LogP contribution in [0.4, 0.5) is 0 Å². The zero-order valence-corrected chi connectivity index (χ0v) is 13.8. The number of hydrogen-bond acceptors (Lipinski definition) is 5. The molecule has 2 aromatic carbocycles. The van der Waals surface area contributed by atoms with Crippen LogP contribution in [0.15, 0.2) is 46.0 Å². The van der Waals surface area contributed by atoms with E-state index >= 15 is 0 Å². The molecule has 0 saturated carbocycles. The Kier molecular flexibility index (Phi) is 4.47. The van der Waals surface area contributed by atoms with Gasteiger partial charge in [0.15, 0.2) is 11.5 Å². The van der Waals surface area contributed by atoms with Gasteiger partial charge in [-0.15, -0.1) is 0 Å². The zero-order valence-electron chi connectivity index (χ0n) is 12.2. The number of nitrogens with one attached hydrogen (secondary N) is 1. The van der Waals surface area contributed by atoms with E-state index in [0.29, 0.717) is 22.8 Å². The van der Waals surface area contributed by atoms with Crippen molar-refractivity contribution in [2.24, 2.45) is 5.10 Å². The zero-order chi connectivity index (χ0) is 16.2. The minimum atomic E-state index is -0.351. The lowest BCUT2D eigenvalue weighted by Crippen LogP contribution is -2.18. The molecule has 3 rings (SSSR count). The van der Waals surface area contributed by atoms with Gasteiger partial charge < -0.3 is 14.2 Å². The van der Waals surface area contributed by atoms with Gasteiger partial charge in [-0.2, -0.15) is 5.10 Å². The maximum absolute atomic E-state index is 12.1. The second-order valence-electron chi connectivity index (χ2n) is 4.63. The van der Waals surface area contributed by atoms with E-state index in [1.165, 1.54) is 13.3 Å². The van der Waals surface area contributed by atoms with E-state index in [0.717, 1.165) is 10.0 Å². The number of hydrogen-bond donors (Lipinski definition) is 1. The molecule has 7 heteroatoms. The predicted molar refractivity (Wildman–Crippen MR) is 88.3 cm³/mol. The number of halogens is 1. The van der Waals surface area contributed by atoms with Gasteiger partial charge in [0.1, 0.15) is 5.75 Å². The molecule has 0 bridgehead atoms. The Morgan fingerprint density at radius 3 is 2.83 bits per heavy atom. The summed E-state index contributed by atoms with van der Waals surface area (Å²) in [4.78, 5) is 12.1. The molecule has 1 aliphatic heterocycles. The second kappa shape index (κ2) is 6.70. The van der Waals surface area contributed by atoms with E-state index in [9.17, 15) is 4.79 Å². The molecule has 0 radical (unpaired) electrons. The van der Waals surface area contributed by atoms with E-state index in [4.69, 9.17) is 14.2 Å². The van der Waals surface area contributed by atoms with Crippen LogP contribution in [0, 0.1) is 0 Å². The van der Waals surface area contributed by atoms with Crippen molar-refractivity contribution >= 4 is 28.1 Å². The molecule has 23 heavy (non-hydrogen) atoms. The van der Waals surface area contributed by atoms with Crippen LogP contribution in [0.25, 0.3) is 0 Å². The summed E-state index contributed by atoms with van der Waals surface area (Å²) < 4.78 is 16.5. The Balaban J connectivity index is 1.73. The number of rotatable bonds is 4. The first-order chi connectivity index (χ1) is 11.2. The van der Waals surface area contributed by atoms with Crippen molar-refractivity contribution < 1.29 is 19.0 Å². The first-order valence-electron chi connectivity index (χ1n) is 6.74. The molecule has 1 N–H and O–H groups in total. The van der Waals surface area contributed by atoms with Gasteiger partial charge in [0.25, 0.3) is 5.91 Å². The number of carbonyl (C=O) groups excluding carboxylic acids is 1. The molecule has 0 fully saturated rings. The van der Waals surface area contributed by atoms with Crippen LogP contribution >= 0.6 is 15.9 Å². The normalized spacial score (nSPS) is 12.4. The van der Waals surface area contributed by atoms with Crippen molar-refractivity contribution in [3.63, 3.8) is 0 Å². The molecule has 0 aliphatic carbocycles. The average Bonchev–Trinajstić information content (AvgIpc) is 3.01. The number of methoxy groups -OCH3 is 1. The fourth-order valence-corrected chi connectivity index (χ4v) is 2.51. The molecule has 118 valence electrons. The van der Waals surface area contributed by atoms with Crippen molar-refractivity contribution in [1.29, 1.82) is 0 Å². The maximum atomic E-state index is 12.1. The average molecular weight is 377 g/mol. The molecule has 2 aromatic rings. The van der Waals surface area contributed by atoms with Gasteiger partial charge in [0.2, 0.25) is 6.79 Å². The smallest absolute Gasteiger partial charge is 0.275 e. The van der Waals surface area contributed by atoms with Crippen molar-refractivity contribution in [2.75, 3.05) is 13.9 Å². The molecule has 1 heterocycles. The number of benzene rings is 2. The molecular weight excluding hydrogens is 364 g/mol. The molecule has 0 aromatic heterocycles. The third-order valence-electron chi connectivity index (χ3n) is 3.21. The number of carbonyl (C=O) groups is 1. The Morgan fingerprint density at radius 1 is 1.30 bits per heavy atom. The van der Waals surface area contributed by atoms with E-state index in [1.807, 2.05) is 0 Å². The third kappa shape index (κ3) is 3.29. The minimum absolute atomic E-state index is 0.201. The van der Waals surface area contributed by atoms with Gasteiger partial charge in [0, 0.05) is 10.0 Å². The highest BCUT2D eigenvalue weighted by Gasteiger charge is 2.15. The van der Waals surface area contributed by atoms with Gasteiger partial charge in [-0.05, 0) is 40.2 Å². The van der Waals surface area contributed by atoms with Gasteiger partial charge in [-0.3, -0.25) is 4.79 Å². The first-order valence-corrected chi connectivity index (χ1v) is 7.54. The van der Waals surface area contributed by atoms with Crippen LogP contribution in [0.2, 0.25) is 0 Å². The number of nitrogens with zero attached hydrogens (tertiary/aromatic N) is 1. The van der Waals surface area contributed by atoms with E-state index in [1.54, 1.807) is 36.4 Å². The Hall–Kier alpha value is -2.54. The van der Waals surface area contributed by atoms with E-state index < -0.39 is 0 Å². The van der Waals surface area contributed by atoms with Gasteiger partial charge >= 0.3 is 0 Å². The van der Waals surface area contributed by atoms with Crippen LogP contribution < -0.4 is 19.6 Å². The number of ether oxygens (including phenoxy) is 3. The molecule has 6 nitrogen and oxygen atoms in total. The first kappa shape index (κ1) is 15.4. The summed E-state index contributed by atoms with van der Waals surface area (Å²) in [5.41, 5.74) is 3.65. The summed E-state index contributed by atoms with van der Waals surface area (Å²) in [5.74, 6) is 1.46. The highest BCUT2D eigenvalue weighted by molar-refractivity contribution is 9.10. The molecule has 0 saturated heterocycles. The highest BCUT2D eigenvalue weighted by Crippen LogP contribution is 2.36. The molecule has 1 amide bonds. The summed E-state index contributed by atoms with van der Waals surface area (Å²) in [6, 6.07) is 10.5. The summed E-state index contributed by atoms with van der Waals surface area (Å²) >= 11 is 3.43. The van der Waals surface area contributed by atoms with Gasteiger partial charge in [0.05, 0.1) is 18.9 Å². The monoisotopic (exact) mass is 376 g/mol. The van der Waals surface area contributed by atoms with Crippen LogP contribution in [-0.4, -0.2) is 26.0 Å². The quantitative estimate of drug-likeness (QED) is 0.657. The SMILES string of the molecule is COc1ccccc1C(=O)N/N=C\c1cc2c(cc1Br)OCO2. The van der Waals surface area contributed by atoms with Crippen LogP contribution in [0.3, 0.4) is 0 Å². The van der Waals surface area contributed by atoms with Crippen molar-refractivity contribution in [3.05, 3.63) is 52.0 Å². The van der Waals surface area contributed by atoms with Crippen molar-refractivity contribution in [2.45, 2.75) is 0 Å². The number of fused-ring (bicyclic) bond motifs is 1. The molecule has 0 unspecified atom stereocenters. The maximum Gasteiger partial charge on any atom is 0.275 e. The number of hydrazone groups is 1. The van der Waals surface area contributed by atoms with Crippen LogP contribution in [0.1, 0.15) is 15.9 Å². The Labute approximate surface area is 141 Å². The molecule has 1 aliphatic rings. The fraction of sp³-hybridized carbons (Fsp3) is 0.125. The highest BCUT2D eigenvalue weighted by atomic mass is 79.9. The number of para-hydroxylation sites is 1. The van der Waals surface area contributed by atoms with Crippen molar-refractivity contribution in [1.82, 2.24) is 5.43 Å². The largest absolute Gasteiger partial charge is 0.496 e.